The van der Waals surface area contributed by atoms with Crippen LogP contribution < -0.4 is 5.32 Å². The molecule has 0 saturated heterocycles. The lowest BCUT2D eigenvalue weighted by Gasteiger charge is -2.27. The molecule has 1 amide bonds. The second-order valence-electron chi connectivity index (χ2n) is 5.42. The minimum absolute atomic E-state index is 0.160. The Balaban J connectivity index is 2.36. The van der Waals surface area contributed by atoms with E-state index in [1.165, 1.54) is 7.11 Å². The van der Waals surface area contributed by atoms with Crippen LogP contribution in [0.4, 0.5) is 0 Å². The van der Waals surface area contributed by atoms with Crippen LogP contribution in [0.15, 0.2) is 30.3 Å². The lowest BCUT2D eigenvalue weighted by molar-refractivity contribution is -0.142. The molecule has 5 heteroatoms. The van der Waals surface area contributed by atoms with Crippen molar-refractivity contribution in [3.8, 4) is 0 Å². The molecule has 0 saturated carbocycles. The molecule has 2 N–H and O–H groups in total. The van der Waals surface area contributed by atoms with Crippen molar-refractivity contribution in [1.82, 2.24) is 5.32 Å². The van der Waals surface area contributed by atoms with Crippen LogP contribution in [0.1, 0.15) is 44.6 Å². The molecule has 0 fully saturated rings. The molecule has 0 aromatic heterocycles. The van der Waals surface area contributed by atoms with Crippen molar-refractivity contribution in [1.29, 1.82) is 0 Å². The normalized spacial score (nSPS) is 13.4. The highest BCUT2D eigenvalue weighted by atomic mass is 16.5. The van der Waals surface area contributed by atoms with Crippen molar-refractivity contribution in [2.75, 3.05) is 13.7 Å². The van der Waals surface area contributed by atoms with Crippen LogP contribution in [0.2, 0.25) is 0 Å². The van der Waals surface area contributed by atoms with Crippen molar-refractivity contribution < 1.29 is 19.4 Å². The summed E-state index contributed by atoms with van der Waals surface area (Å²) in [6, 6.07) is 9.39. The lowest BCUT2D eigenvalue weighted by atomic mass is 9.94. The van der Waals surface area contributed by atoms with Crippen molar-refractivity contribution in [3.63, 3.8) is 0 Å². The Bertz CT molecular complexity index is 475. The third-order valence-electron chi connectivity index (χ3n) is 3.77. The Kier molecular flexibility index (Phi) is 7.60. The second kappa shape index (κ2) is 9.20. The van der Waals surface area contributed by atoms with Gasteiger partial charge in [0.1, 0.15) is 0 Å². The number of carbonyl (C=O) groups is 2. The molecule has 0 spiro atoms. The summed E-state index contributed by atoms with van der Waals surface area (Å²) in [6.07, 6.45) is 3.50. The zero-order valence-electron chi connectivity index (χ0n) is 13.3. The minimum Gasteiger partial charge on any atom is -0.481 e. The van der Waals surface area contributed by atoms with Crippen LogP contribution in [0.3, 0.4) is 0 Å². The van der Waals surface area contributed by atoms with E-state index in [0.717, 1.165) is 24.8 Å². The maximum absolute atomic E-state index is 12.4. The molecule has 0 heterocycles. The number of unbranched alkanes of at least 4 members (excludes halogenated alkanes) is 3. The number of benzene rings is 1. The minimum atomic E-state index is -0.995. The fourth-order valence-electron chi connectivity index (χ4n) is 2.22. The first-order valence-corrected chi connectivity index (χ1v) is 7.61. The van der Waals surface area contributed by atoms with E-state index in [1.807, 2.05) is 30.3 Å². The van der Waals surface area contributed by atoms with E-state index in [0.29, 0.717) is 13.0 Å². The average molecular weight is 307 g/mol. The number of aliphatic carboxylic acids is 1. The summed E-state index contributed by atoms with van der Waals surface area (Å²) < 4.78 is 5.43. The SMILES string of the molecule is COC(C)(C(=O)NCCCCCCC(=O)O)c1ccccc1. The molecule has 1 aromatic rings. The summed E-state index contributed by atoms with van der Waals surface area (Å²) in [5, 5.41) is 11.4. The van der Waals surface area contributed by atoms with Gasteiger partial charge in [0.05, 0.1) is 0 Å². The third-order valence-corrected chi connectivity index (χ3v) is 3.77. The van der Waals surface area contributed by atoms with E-state index >= 15 is 0 Å². The first-order chi connectivity index (χ1) is 10.5. The van der Waals surface area contributed by atoms with Crippen LogP contribution in [-0.4, -0.2) is 30.6 Å². The van der Waals surface area contributed by atoms with Crippen LogP contribution >= 0.6 is 0 Å². The van der Waals surface area contributed by atoms with Gasteiger partial charge in [-0.25, -0.2) is 0 Å². The van der Waals surface area contributed by atoms with Crippen molar-refractivity contribution >= 4 is 11.9 Å². The first-order valence-electron chi connectivity index (χ1n) is 7.61. The summed E-state index contributed by atoms with van der Waals surface area (Å²) >= 11 is 0. The maximum Gasteiger partial charge on any atom is 0.303 e. The Morgan fingerprint density at radius 1 is 1.14 bits per heavy atom. The van der Waals surface area contributed by atoms with E-state index in [-0.39, 0.29) is 12.3 Å². The summed E-state index contributed by atoms with van der Waals surface area (Å²) in [5.41, 5.74) is -0.179. The molecule has 22 heavy (non-hydrogen) atoms. The number of amides is 1. The van der Waals surface area contributed by atoms with E-state index < -0.39 is 11.6 Å². The molecule has 0 aliphatic rings. The number of rotatable bonds is 10. The molecule has 1 rings (SSSR count). The van der Waals surface area contributed by atoms with Crippen molar-refractivity contribution in [3.05, 3.63) is 35.9 Å². The molecule has 0 bridgehead atoms. The van der Waals surface area contributed by atoms with Crippen molar-refractivity contribution in [2.45, 2.75) is 44.6 Å². The summed E-state index contributed by atoms with van der Waals surface area (Å²) in [4.78, 5) is 22.7. The highest BCUT2D eigenvalue weighted by Gasteiger charge is 2.34. The Morgan fingerprint density at radius 3 is 2.36 bits per heavy atom. The first kappa shape index (κ1) is 18.2. The summed E-state index contributed by atoms with van der Waals surface area (Å²) in [6.45, 7) is 2.32. The van der Waals surface area contributed by atoms with Gasteiger partial charge in [0.15, 0.2) is 5.60 Å². The number of hydrogen-bond acceptors (Lipinski definition) is 3. The van der Waals surface area contributed by atoms with Gasteiger partial charge in [-0.15, -0.1) is 0 Å². The molecular weight excluding hydrogens is 282 g/mol. The lowest BCUT2D eigenvalue weighted by Crippen LogP contribution is -2.44. The van der Waals surface area contributed by atoms with Gasteiger partial charge in [-0.3, -0.25) is 9.59 Å². The van der Waals surface area contributed by atoms with Crippen LogP contribution in [0, 0.1) is 0 Å². The van der Waals surface area contributed by atoms with Crippen LogP contribution in [-0.2, 0) is 19.9 Å². The quantitative estimate of drug-likeness (QED) is 0.652. The van der Waals surface area contributed by atoms with Gasteiger partial charge in [0, 0.05) is 20.1 Å². The second-order valence-corrected chi connectivity index (χ2v) is 5.42. The molecule has 5 nitrogen and oxygen atoms in total. The molecule has 1 atom stereocenters. The Labute approximate surface area is 131 Å². The third kappa shape index (κ3) is 5.48. The standard InChI is InChI=1S/C17H25NO4/c1-17(22-2,14-10-6-5-7-11-14)16(21)18-13-9-4-3-8-12-15(19)20/h5-7,10-11H,3-4,8-9,12-13H2,1-2H3,(H,18,21)(H,19,20). The summed E-state index contributed by atoms with van der Waals surface area (Å²) in [5.74, 6) is -0.918. The van der Waals surface area contributed by atoms with Gasteiger partial charge >= 0.3 is 5.97 Å². The maximum atomic E-state index is 12.4. The molecule has 1 aromatic carbocycles. The smallest absolute Gasteiger partial charge is 0.303 e. The number of hydrogen-bond donors (Lipinski definition) is 2. The topological polar surface area (TPSA) is 75.6 Å². The summed E-state index contributed by atoms with van der Waals surface area (Å²) in [7, 11) is 1.53. The van der Waals surface area contributed by atoms with E-state index in [1.54, 1.807) is 6.92 Å². The predicted molar refractivity (Wildman–Crippen MR) is 84.5 cm³/mol. The number of carbonyl (C=O) groups excluding carboxylic acids is 1. The van der Waals surface area contributed by atoms with E-state index in [4.69, 9.17) is 9.84 Å². The van der Waals surface area contributed by atoms with Gasteiger partial charge in [0.2, 0.25) is 0 Å². The van der Waals surface area contributed by atoms with Gasteiger partial charge in [-0.1, -0.05) is 43.2 Å². The molecule has 0 aliphatic heterocycles. The highest BCUT2D eigenvalue weighted by molar-refractivity contribution is 5.86. The zero-order chi connectivity index (χ0) is 16.4. The number of nitrogens with one attached hydrogen (secondary N) is 1. The fourth-order valence-corrected chi connectivity index (χ4v) is 2.22. The fraction of sp³-hybridized carbons (Fsp3) is 0.529. The Hall–Kier alpha value is -1.88. The number of methoxy groups -OCH3 is 1. The number of ether oxygens (including phenoxy) is 1. The highest BCUT2D eigenvalue weighted by Crippen LogP contribution is 2.24. The molecular formula is C17H25NO4. The number of carboxylic acid groups (broad SMARTS) is 1. The molecule has 0 radical (unpaired) electrons. The Morgan fingerprint density at radius 2 is 1.77 bits per heavy atom. The van der Waals surface area contributed by atoms with E-state index in [2.05, 4.69) is 5.32 Å². The van der Waals surface area contributed by atoms with Gasteiger partial charge in [-0.05, 0) is 25.3 Å². The van der Waals surface area contributed by atoms with Crippen LogP contribution in [0.25, 0.3) is 0 Å². The largest absolute Gasteiger partial charge is 0.481 e. The average Bonchev–Trinajstić information content (AvgIpc) is 2.53. The molecule has 0 aliphatic carbocycles. The predicted octanol–water partition coefficient (Wildman–Crippen LogP) is 2.70. The van der Waals surface area contributed by atoms with Gasteiger partial charge < -0.3 is 15.2 Å². The number of carboxylic acids is 1. The van der Waals surface area contributed by atoms with Crippen molar-refractivity contribution in [2.24, 2.45) is 0 Å². The van der Waals surface area contributed by atoms with Gasteiger partial charge in [-0.2, -0.15) is 0 Å². The van der Waals surface area contributed by atoms with Crippen LogP contribution in [0.5, 0.6) is 0 Å². The molecule has 1 unspecified atom stereocenters. The molecule has 122 valence electrons. The van der Waals surface area contributed by atoms with Gasteiger partial charge in [0.25, 0.3) is 5.91 Å². The monoisotopic (exact) mass is 307 g/mol. The zero-order valence-corrected chi connectivity index (χ0v) is 13.3. The van der Waals surface area contributed by atoms with E-state index in [9.17, 15) is 9.59 Å².